The van der Waals surface area contributed by atoms with Crippen molar-refractivity contribution in [2.45, 2.75) is 38.1 Å². The maximum absolute atomic E-state index is 12.8. The topological polar surface area (TPSA) is 49.4 Å². The maximum atomic E-state index is 12.8. The smallest absolute Gasteiger partial charge is 0.255 e. The summed E-state index contributed by atoms with van der Waals surface area (Å²) in [6, 6.07) is 17.4. The molecule has 1 heterocycles. The summed E-state index contributed by atoms with van der Waals surface area (Å²) in [7, 11) is 0. The molecule has 0 unspecified atom stereocenters. The van der Waals surface area contributed by atoms with Gasteiger partial charge in [-0.3, -0.25) is 9.59 Å². The molecule has 2 amide bonds. The highest BCUT2D eigenvalue weighted by molar-refractivity contribution is 7.98. The van der Waals surface area contributed by atoms with Crippen LogP contribution < -0.4 is 5.32 Å². The van der Waals surface area contributed by atoms with Gasteiger partial charge in [0.25, 0.3) is 5.91 Å². The van der Waals surface area contributed by atoms with Crippen molar-refractivity contribution in [2.75, 3.05) is 12.3 Å². The van der Waals surface area contributed by atoms with Gasteiger partial charge in [-0.25, -0.2) is 0 Å². The molecule has 27 heavy (non-hydrogen) atoms. The van der Waals surface area contributed by atoms with Crippen LogP contribution in [-0.2, 0) is 17.1 Å². The van der Waals surface area contributed by atoms with Crippen molar-refractivity contribution in [1.82, 2.24) is 10.2 Å². The summed E-state index contributed by atoms with van der Waals surface area (Å²) in [5, 5.41) is 3.01. The molecule has 0 saturated heterocycles. The molecule has 2 aromatic rings. The van der Waals surface area contributed by atoms with Gasteiger partial charge in [-0.05, 0) is 23.6 Å². The van der Waals surface area contributed by atoms with Gasteiger partial charge in [-0.1, -0.05) is 61.9 Å². The van der Waals surface area contributed by atoms with Crippen LogP contribution >= 0.6 is 11.8 Å². The molecule has 1 N–H and O–H groups in total. The number of carbonyl (C=O) groups is 2. The molecule has 0 aliphatic carbocycles. The summed E-state index contributed by atoms with van der Waals surface area (Å²) < 4.78 is 0. The molecule has 0 saturated carbocycles. The van der Waals surface area contributed by atoms with Gasteiger partial charge in [0.1, 0.15) is 6.04 Å². The molecule has 0 fully saturated rings. The summed E-state index contributed by atoms with van der Waals surface area (Å²) >= 11 is 1.69. The van der Waals surface area contributed by atoms with Gasteiger partial charge in [0.05, 0.1) is 0 Å². The number of benzene rings is 2. The lowest BCUT2D eigenvalue weighted by atomic mass is 10.1. The van der Waals surface area contributed by atoms with Crippen LogP contribution in [-0.4, -0.2) is 35.1 Å². The van der Waals surface area contributed by atoms with E-state index in [1.165, 1.54) is 5.56 Å². The first-order chi connectivity index (χ1) is 13.2. The molecule has 1 aliphatic rings. The van der Waals surface area contributed by atoms with Crippen LogP contribution in [0.15, 0.2) is 54.6 Å². The number of amides is 2. The largest absolute Gasteiger partial charge is 0.354 e. The van der Waals surface area contributed by atoms with Crippen LogP contribution in [0.5, 0.6) is 0 Å². The Balaban J connectivity index is 1.68. The first-order valence-electron chi connectivity index (χ1n) is 9.49. The lowest BCUT2D eigenvalue weighted by Crippen LogP contribution is -2.48. The molecule has 142 valence electrons. The second-order valence-corrected chi connectivity index (χ2v) is 7.78. The molecule has 1 atom stereocenters. The van der Waals surface area contributed by atoms with E-state index >= 15 is 0 Å². The number of nitrogens with one attached hydrogen (secondary N) is 1. The monoisotopic (exact) mass is 382 g/mol. The van der Waals surface area contributed by atoms with Crippen molar-refractivity contribution >= 4 is 23.6 Å². The second-order valence-electron chi connectivity index (χ2n) is 6.75. The molecule has 0 spiro atoms. The summed E-state index contributed by atoms with van der Waals surface area (Å²) in [5.41, 5.74) is 2.95. The number of fused-ring (bicyclic) bond motifs is 1. The Morgan fingerprint density at radius 3 is 2.63 bits per heavy atom. The zero-order chi connectivity index (χ0) is 19.1. The first kappa shape index (κ1) is 19.5. The number of carbonyl (C=O) groups excluding carboxylic acids is 2. The average Bonchev–Trinajstić information content (AvgIpc) is 3.03. The second kappa shape index (κ2) is 9.60. The van der Waals surface area contributed by atoms with Crippen molar-refractivity contribution in [3.05, 3.63) is 71.3 Å². The number of rotatable bonds is 9. The normalized spacial score (nSPS) is 14.1. The predicted octanol–water partition coefficient (Wildman–Crippen LogP) is 3.86. The lowest BCUT2D eigenvalue weighted by Gasteiger charge is -2.26. The molecular weight excluding hydrogens is 356 g/mol. The lowest BCUT2D eigenvalue weighted by molar-refractivity contribution is -0.125. The molecule has 0 radical (unpaired) electrons. The number of thioether (sulfide) groups is 1. The van der Waals surface area contributed by atoms with Gasteiger partial charge in [0.2, 0.25) is 5.91 Å². The number of hydrogen-bond donors (Lipinski definition) is 1. The quantitative estimate of drug-likeness (QED) is 0.670. The van der Waals surface area contributed by atoms with Crippen LogP contribution in [0.4, 0.5) is 0 Å². The minimum atomic E-state index is -0.449. The molecule has 0 aromatic heterocycles. The third-order valence-electron chi connectivity index (χ3n) is 4.75. The summed E-state index contributed by atoms with van der Waals surface area (Å²) in [5.74, 6) is 1.33. The zero-order valence-corrected chi connectivity index (χ0v) is 16.5. The van der Waals surface area contributed by atoms with E-state index in [4.69, 9.17) is 0 Å². The Morgan fingerprint density at radius 2 is 1.89 bits per heavy atom. The Hall–Kier alpha value is -2.27. The minimum Gasteiger partial charge on any atom is -0.354 e. The van der Waals surface area contributed by atoms with Crippen molar-refractivity contribution < 1.29 is 9.59 Å². The van der Waals surface area contributed by atoms with E-state index in [2.05, 4.69) is 24.4 Å². The van der Waals surface area contributed by atoms with Crippen LogP contribution in [0, 0.1) is 0 Å². The van der Waals surface area contributed by atoms with Crippen molar-refractivity contribution in [1.29, 1.82) is 0 Å². The summed E-state index contributed by atoms with van der Waals surface area (Å²) in [4.78, 5) is 27.4. The fourth-order valence-corrected chi connectivity index (χ4v) is 4.31. The fourth-order valence-electron chi connectivity index (χ4n) is 3.20. The Labute approximate surface area is 165 Å². The molecule has 0 bridgehead atoms. The SMILES string of the molecule is CCCCNC(=O)[C@H](CSCc1ccccc1)N1Cc2ccccc2C1=O. The van der Waals surface area contributed by atoms with Gasteiger partial charge >= 0.3 is 0 Å². The van der Waals surface area contributed by atoms with Crippen LogP contribution in [0.2, 0.25) is 0 Å². The standard InChI is InChI=1S/C22H26N2O2S/c1-2-3-13-23-21(25)20(16-27-15-17-9-5-4-6-10-17)24-14-18-11-7-8-12-19(18)22(24)26/h4-12,20H,2-3,13-16H2,1H3,(H,23,25)/t20-/m0/s1. The first-order valence-corrected chi connectivity index (χ1v) is 10.6. The number of unbranched alkanes of at least 4 members (excludes halogenated alkanes) is 1. The third kappa shape index (κ3) is 4.92. The van der Waals surface area contributed by atoms with Crippen LogP contribution in [0.1, 0.15) is 41.3 Å². The minimum absolute atomic E-state index is 0.0402. The van der Waals surface area contributed by atoms with E-state index in [1.807, 2.05) is 42.5 Å². The highest BCUT2D eigenvalue weighted by Gasteiger charge is 2.35. The third-order valence-corrected chi connectivity index (χ3v) is 5.83. The summed E-state index contributed by atoms with van der Waals surface area (Å²) in [6.45, 7) is 3.26. The molecule has 5 heteroatoms. The molecule has 1 aliphatic heterocycles. The Morgan fingerprint density at radius 1 is 1.15 bits per heavy atom. The molecular formula is C22H26N2O2S. The predicted molar refractivity (Wildman–Crippen MR) is 111 cm³/mol. The van der Waals surface area contributed by atoms with Gasteiger partial charge in [-0.2, -0.15) is 11.8 Å². The molecule has 3 rings (SSSR count). The van der Waals surface area contributed by atoms with Gasteiger partial charge < -0.3 is 10.2 Å². The number of nitrogens with zero attached hydrogens (tertiary/aromatic N) is 1. The van der Waals surface area contributed by atoms with E-state index < -0.39 is 6.04 Å². The van der Waals surface area contributed by atoms with Gasteiger partial charge in [-0.15, -0.1) is 0 Å². The van der Waals surface area contributed by atoms with Crippen LogP contribution in [0.25, 0.3) is 0 Å². The van der Waals surface area contributed by atoms with Crippen LogP contribution in [0.3, 0.4) is 0 Å². The molecule has 4 nitrogen and oxygen atoms in total. The van der Waals surface area contributed by atoms with E-state index in [9.17, 15) is 9.59 Å². The zero-order valence-electron chi connectivity index (χ0n) is 15.7. The number of hydrogen-bond acceptors (Lipinski definition) is 3. The average molecular weight is 383 g/mol. The van der Waals surface area contributed by atoms with Crippen molar-refractivity contribution in [3.63, 3.8) is 0 Å². The van der Waals surface area contributed by atoms with E-state index in [0.717, 1.165) is 29.7 Å². The van der Waals surface area contributed by atoms with E-state index in [1.54, 1.807) is 16.7 Å². The van der Waals surface area contributed by atoms with E-state index in [0.29, 0.717) is 18.8 Å². The highest BCUT2D eigenvalue weighted by Crippen LogP contribution is 2.26. The Bertz CT molecular complexity index is 779. The van der Waals surface area contributed by atoms with E-state index in [-0.39, 0.29) is 11.8 Å². The summed E-state index contributed by atoms with van der Waals surface area (Å²) in [6.07, 6.45) is 1.98. The maximum Gasteiger partial charge on any atom is 0.255 e. The van der Waals surface area contributed by atoms with Gasteiger partial charge in [0.15, 0.2) is 0 Å². The van der Waals surface area contributed by atoms with Gasteiger partial charge in [0, 0.05) is 30.2 Å². The fraction of sp³-hybridized carbons (Fsp3) is 0.364. The van der Waals surface area contributed by atoms with Crippen molar-refractivity contribution in [2.24, 2.45) is 0 Å². The Kier molecular flexibility index (Phi) is 6.93. The molecule has 2 aromatic carbocycles. The van der Waals surface area contributed by atoms with Crippen molar-refractivity contribution in [3.8, 4) is 0 Å². The highest BCUT2D eigenvalue weighted by atomic mass is 32.2.